The first-order chi connectivity index (χ1) is 10.1. The summed E-state index contributed by atoms with van der Waals surface area (Å²) >= 11 is 6.37. The van der Waals surface area contributed by atoms with Gasteiger partial charge in [0.05, 0.1) is 7.11 Å². The lowest BCUT2D eigenvalue weighted by Crippen LogP contribution is -1.96. The highest BCUT2D eigenvalue weighted by Crippen LogP contribution is 2.32. The number of benzene rings is 2. The number of ether oxygens (including phenoxy) is 1. The summed E-state index contributed by atoms with van der Waals surface area (Å²) in [5.41, 5.74) is 3.91. The van der Waals surface area contributed by atoms with Crippen LogP contribution in [-0.2, 0) is 0 Å². The summed E-state index contributed by atoms with van der Waals surface area (Å²) in [5.74, 6) is 1.31. The quantitative estimate of drug-likeness (QED) is 0.650. The molecule has 4 heteroatoms. The topological polar surface area (TPSA) is 35.0 Å². The molecule has 1 aromatic heterocycles. The van der Waals surface area contributed by atoms with E-state index in [9.17, 15) is 0 Å². The average Bonchev–Trinajstić information content (AvgIpc) is 2.48. The third kappa shape index (κ3) is 2.45. The largest absolute Gasteiger partial charge is 0.494 e. The lowest BCUT2D eigenvalue weighted by Gasteiger charge is -2.10. The van der Waals surface area contributed by atoms with Crippen LogP contribution in [-0.4, -0.2) is 17.1 Å². The maximum Gasteiger partial charge on any atom is 0.161 e. The maximum absolute atomic E-state index is 6.37. The summed E-state index contributed by atoms with van der Waals surface area (Å²) in [6, 6.07) is 11.9. The van der Waals surface area contributed by atoms with Gasteiger partial charge < -0.3 is 4.74 Å². The molecule has 0 unspecified atom stereocenters. The van der Waals surface area contributed by atoms with Gasteiger partial charge in [0.25, 0.3) is 0 Å². The fourth-order valence-electron chi connectivity index (χ4n) is 2.32. The van der Waals surface area contributed by atoms with E-state index in [0.717, 1.165) is 22.0 Å². The van der Waals surface area contributed by atoms with Gasteiger partial charge in [-0.2, -0.15) is 0 Å². The zero-order chi connectivity index (χ0) is 15.0. The van der Waals surface area contributed by atoms with Gasteiger partial charge in [-0.3, -0.25) is 0 Å². The normalized spacial score (nSPS) is 10.9. The monoisotopic (exact) mass is 298 g/mol. The highest BCUT2D eigenvalue weighted by atomic mass is 35.5. The average molecular weight is 299 g/mol. The Morgan fingerprint density at radius 2 is 1.67 bits per heavy atom. The van der Waals surface area contributed by atoms with Gasteiger partial charge in [0.1, 0.15) is 16.4 Å². The smallest absolute Gasteiger partial charge is 0.161 e. The molecular formula is C17H15ClN2O. The Balaban J connectivity index is 2.29. The Kier molecular flexibility index (Phi) is 3.52. The van der Waals surface area contributed by atoms with Crippen LogP contribution in [0.3, 0.4) is 0 Å². The number of methoxy groups -OCH3 is 1. The molecule has 106 valence electrons. The maximum atomic E-state index is 6.37. The molecule has 21 heavy (non-hydrogen) atoms. The minimum Gasteiger partial charge on any atom is -0.494 e. The second-order valence-electron chi connectivity index (χ2n) is 5.01. The van der Waals surface area contributed by atoms with E-state index in [0.29, 0.717) is 16.7 Å². The second kappa shape index (κ2) is 5.34. The van der Waals surface area contributed by atoms with Crippen LogP contribution in [0.25, 0.3) is 22.3 Å². The van der Waals surface area contributed by atoms with Crippen molar-refractivity contribution in [3.8, 4) is 17.1 Å². The van der Waals surface area contributed by atoms with Gasteiger partial charge >= 0.3 is 0 Å². The highest BCUT2D eigenvalue weighted by Gasteiger charge is 2.13. The van der Waals surface area contributed by atoms with Gasteiger partial charge in [-0.15, -0.1) is 0 Å². The van der Waals surface area contributed by atoms with E-state index in [2.05, 4.69) is 9.97 Å². The molecule has 1 heterocycles. The van der Waals surface area contributed by atoms with Gasteiger partial charge in [-0.1, -0.05) is 47.5 Å². The molecule has 3 nitrogen and oxygen atoms in total. The minimum atomic E-state index is 0.451. The van der Waals surface area contributed by atoms with Gasteiger partial charge in [0.15, 0.2) is 5.82 Å². The lowest BCUT2D eigenvalue weighted by atomic mass is 10.1. The van der Waals surface area contributed by atoms with E-state index >= 15 is 0 Å². The first-order valence-corrected chi connectivity index (χ1v) is 7.06. The number of rotatable bonds is 2. The summed E-state index contributed by atoms with van der Waals surface area (Å²) in [6.07, 6.45) is 0. The first kappa shape index (κ1) is 13.8. The SMILES string of the molecule is COc1ccc(C)c2c(Cl)nc(-c3ccc(C)cc3)nc12. The van der Waals surface area contributed by atoms with Crippen LogP contribution < -0.4 is 4.74 Å². The van der Waals surface area contributed by atoms with E-state index in [1.165, 1.54) is 5.56 Å². The minimum absolute atomic E-state index is 0.451. The predicted octanol–water partition coefficient (Wildman–Crippen LogP) is 4.58. The number of aromatic nitrogens is 2. The standard InChI is InChI=1S/C17H15ClN2O/c1-10-4-7-12(8-5-10)17-19-15-13(21-3)9-6-11(2)14(15)16(18)20-17/h4-9H,1-3H3. The Labute approximate surface area is 128 Å². The molecule has 0 atom stereocenters. The van der Waals surface area contributed by atoms with E-state index in [1.54, 1.807) is 7.11 Å². The molecule has 2 aromatic carbocycles. The predicted molar refractivity (Wildman–Crippen MR) is 86.0 cm³/mol. The van der Waals surface area contributed by atoms with Gasteiger partial charge in [-0.05, 0) is 25.5 Å². The molecule has 0 radical (unpaired) electrons. The molecule has 0 aliphatic heterocycles. The van der Waals surface area contributed by atoms with Crippen molar-refractivity contribution in [1.29, 1.82) is 0 Å². The number of aryl methyl sites for hydroxylation is 2. The van der Waals surface area contributed by atoms with Crippen LogP contribution in [0.1, 0.15) is 11.1 Å². The molecule has 0 amide bonds. The highest BCUT2D eigenvalue weighted by molar-refractivity contribution is 6.34. The Hall–Kier alpha value is -2.13. The van der Waals surface area contributed by atoms with Crippen molar-refractivity contribution in [2.75, 3.05) is 7.11 Å². The molecule has 3 rings (SSSR count). The molecule has 3 aromatic rings. The summed E-state index contributed by atoms with van der Waals surface area (Å²) < 4.78 is 5.40. The Morgan fingerprint density at radius 3 is 2.33 bits per heavy atom. The number of hydrogen-bond donors (Lipinski definition) is 0. The number of nitrogens with zero attached hydrogens (tertiary/aromatic N) is 2. The molecule has 0 aliphatic carbocycles. The summed E-state index contributed by atoms with van der Waals surface area (Å²) in [7, 11) is 1.63. The van der Waals surface area contributed by atoms with Crippen LogP contribution >= 0.6 is 11.6 Å². The number of halogens is 1. The Morgan fingerprint density at radius 1 is 0.952 bits per heavy atom. The fraction of sp³-hybridized carbons (Fsp3) is 0.176. The second-order valence-corrected chi connectivity index (χ2v) is 5.37. The van der Waals surface area contributed by atoms with Gasteiger partial charge in [-0.25, -0.2) is 9.97 Å². The Bertz CT molecular complexity index is 813. The molecule has 0 N–H and O–H groups in total. The van der Waals surface area contributed by atoms with Crippen LogP contribution in [0.15, 0.2) is 36.4 Å². The van der Waals surface area contributed by atoms with Gasteiger partial charge in [0.2, 0.25) is 0 Å². The molecule has 0 saturated heterocycles. The van der Waals surface area contributed by atoms with Crippen LogP contribution in [0, 0.1) is 13.8 Å². The third-order valence-electron chi connectivity index (χ3n) is 3.51. The lowest BCUT2D eigenvalue weighted by molar-refractivity contribution is 0.419. The first-order valence-electron chi connectivity index (χ1n) is 6.68. The third-order valence-corrected chi connectivity index (χ3v) is 3.78. The zero-order valence-corrected chi connectivity index (χ0v) is 12.9. The van der Waals surface area contributed by atoms with Crippen LogP contribution in [0.4, 0.5) is 0 Å². The number of hydrogen-bond acceptors (Lipinski definition) is 3. The van der Waals surface area contributed by atoms with Crippen LogP contribution in [0.2, 0.25) is 5.15 Å². The van der Waals surface area contributed by atoms with E-state index in [-0.39, 0.29) is 0 Å². The van der Waals surface area contributed by atoms with Crippen molar-refractivity contribution in [2.24, 2.45) is 0 Å². The summed E-state index contributed by atoms with van der Waals surface area (Å²) in [5, 5.41) is 1.29. The van der Waals surface area contributed by atoms with Gasteiger partial charge in [0, 0.05) is 10.9 Å². The van der Waals surface area contributed by atoms with Crippen molar-refractivity contribution < 1.29 is 4.74 Å². The molecule has 0 bridgehead atoms. The summed E-state index contributed by atoms with van der Waals surface area (Å²) in [6.45, 7) is 4.03. The van der Waals surface area contributed by atoms with E-state index in [1.807, 2.05) is 50.2 Å². The van der Waals surface area contributed by atoms with E-state index in [4.69, 9.17) is 16.3 Å². The molecule has 0 fully saturated rings. The van der Waals surface area contributed by atoms with E-state index < -0.39 is 0 Å². The van der Waals surface area contributed by atoms with Crippen LogP contribution in [0.5, 0.6) is 5.75 Å². The molecular weight excluding hydrogens is 284 g/mol. The summed E-state index contributed by atoms with van der Waals surface area (Å²) in [4.78, 5) is 9.08. The number of fused-ring (bicyclic) bond motifs is 1. The molecule has 0 aliphatic rings. The fourth-order valence-corrected chi connectivity index (χ4v) is 2.64. The molecule has 0 saturated carbocycles. The van der Waals surface area contributed by atoms with Crippen molar-refractivity contribution in [3.63, 3.8) is 0 Å². The van der Waals surface area contributed by atoms with Crippen molar-refractivity contribution in [3.05, 3.63) is 52.7 Å². The van der Waals surface area contributed by atoms with Crippen molar-refractivity contribution >= 4 is 22.5 Å². The van der Waals surface area contributed by atoms with Crippen molar-refractivity contribution in [2.45, 2.75) is 13.8 Å². The molecule has 0 spiro atoms. The van der Waals surface area contributed by atoms with Crippen molar-refractivity contribution in [1.82, 2.24) is 9.97 Å². The zero-order valence-electron chi connectivity index (χ0n) is 12.1.